The maximum absolute atomic E-state index is 4.19. The average molecular weight is 215 g/mol. The highest BCUT2D eigenvalue weighted by Gasteiger charge is 2.27. The van der Waals surface area contributed by atoms with Gasteiger partial charge in [0.05, 0.1) is 11.4 Å². The molecule has 0 aliphatic heterocycles. The summed E-state index contributed by atoms with van der Waals surface area (Å²) in [6.45, 7) is 3.89. The number of nitrogens with zero attached hydrogens (tertiary/aromatic N) is 5. The van der Waals surface area contributed by atoms with Crippen molar-refractivity contribution in [3.63, 3.8) is 0 Å². The monoisotopic (exact) mass is 215 g/mol. The van der Waals surface area contributed by atoms with Crippen molar-refractivity contribution >= 4 is 0 Å². The Morgan fingerprint density at radius 2 is 2.00 bits per heavy atom. The van der Waals surface area contributed by atoms with E-state index in [1.54, 1.807) is 0 Å². The molecule has 1 aliphatic carbocycles. The first-order chi connectivity index (χ1) is 7.75. The Bertz CT molecular complexity index is 527. The molecule has 1 aliphatic rings. The van der Waals surface area contributed by atoms with Gasteiger partial charge in [0.15, 0.2) is 5.82 Å². The molecule has 2 aromatic heterocycles. The van der Waals surface area contributed by atoms with Gasteiger partial charge in [-0.15, -0.1) is 10.2 Å². The van der Waals surface area contributed by atoms with Gasteiger partial charge in [0, 0.05) is 11.6 Å². The fraction of sp³-hybridized carbons (Fsp3) is 0.455. The van der Waals surface area contributed by atoms with Crippen LogP contribution in [-0.4, -0.2) is 25.0 Å². The highest BCUT2D eigenvalue weighted by Crippen LogP contribution is 2.37. The molecule has 1 saturated carbocycles. The van der Waals surface area contributed by atoms with Crippen LogP contribution in [-0.2, 0) is 0 Å². The van der Waals surface area contributed by atoms with Crippen LogP contribution in [0.25, 0.3) is 11.4 Å². The molecule has 2 heterocycles. The summed E-state index contributed by atoms with van der Waals surface area (Å²) in [5.74, 6) is 0.915. The lowest BCUT2D eigenvalue weighted by atomic mass is 10.2. The summed E-state index contributed by atoms with van der Waals surface area (Å²) in [5, 5.41) is 16.3. The summed E-state index contributed by atoms with van der Waals surface area (Å²) >= 11 is 0. The third-order valence-electron chi connectivity index (χ3n) is 2.85. The topological polar surface area (TPSA) is 56.5 Å². The zero-order valence-electron chi connectivity index (χ0n) is 9.38. The van der Waals surface area contributed by atoms with Crippen LogP contribution in [0.5, 0.6) is 0 Å². The number of rotatable bonds is 2. The molecule has 0 amide bonds. The largest absolute Gasteiger partial charge is 0.310 e. The van der Waals surface area contributed by atoms with Gasteiger partial charge in [-0.1, -0.05) is 0 Å². The quantitative estimate of drug-likeness (QED) is 0.764. The van der Waals surface area contributed by atoms with E-state index in [4.69, 9.17) is 0 Å². The molecule has 0 radical (unpaired) electrons. The molecule has 3 rings (SSSR count). The van der Waals surface area contributed by atoms with Crippen molar-refractivity contribution < 1.29 is 0 Å². The molecular formula is C11H13N5. The van der Waals surface area contributed by atoms with Crippen molar-refractivity contribution in [2.24, 2.45) is 0 Å². The SMILES string of the molecule is Cc1cc(-c2nncn2C2CC2)c(C)nn1. The molecule has 0 aromatic carbocycles. The Morgan fingerprint density at radius 1 is 1.19 bits per heavy atom. The number of aryl methyl sites for hydroxylation is 2. The minimum Gasteiger partial charge on any atom is -0.310 e. The number of aromatic nitrogens is 5. The van der Waals surface area contributed by atoms with Crippen LogP contribution in [0, 0.1) is 13.8 Å². The Morgan fingerprint density at radius 3 is 2.75 bits per heavy atom. The van der Waals surface area contributed by atoms with E-state index in [1.807, 2.05) is 26.2 Å². The van der Waals surface area contributed by atoms with Crippen LogP contribution < -0.4 is 0 Å². The standard InChI is InChI=1S/C11H13N5/c1-7-5-10(8(2)14-13-7)11-15-12-6-16(11)9-3-4-9/h5-6,9H,3-4H2,1-2H3. The van der Waals surface area contributed by atoms with Gasteiger partial charge in [-0.3, -0.25) is 0 Å². The second-order valence-electron chi connectivity index (χ2n) is 4.28. The van der Waals surface area contributed by atoms with E-state index in [-0.39, 0.29) is 0 Å². The zero-order chi connectivity index (χ0) is 11.1. The zero-order valence-corrected chi connectivity index (χ0v) is 9.38. The lowest BCUT2D eigenvalue weighted by Gasteiger charge is -2.06. The van der Waals surface area contributed by atoms with Gasteiger partial charge in [0.25, 0.3) is 0 Å². The van der Waals surface area contributed by atoms with Gasteiger partial charge in [0.1, 0.15) is 6.33 Å². The van der Waals surface area contributed by atoms with E-state index < -0.39 is 0 Å². The summed E-state index contributed by atoms with van der Waals surface area (Å²) < 4.78 is 2.14. The Kier molecular flexibility index (Phi) is 1.99. The van der Waals surface area contributed by atoms with Crippen molar-refractivity contribution in [2.45, 2.75) is 32.7 Å². The number of hydrogen-bond acceptors (Lipinski definition) is 4. The van der Waals surface area contributed by atoms with Crippen LogP contribution >= 0.6 is 0 Å². The minimum absolute atomic E-state index is 0.581. The van der Waals surface area contributed by atoms with Crippen molar-refractivity contribution in [1.29, 1.82) is 0 Å². The third kappa shape index (κ3) is 1.48. The molecule has 5 heteroatoms. The molecule has 0 bridgehead atoms. The lowest BCUT2D eigenvalue weighted by Crippen LogP contribution is -2.00. The number of hydrogen-bond donors (Lipinski definition) is 0. The van der Waals surface area contributed by atoms with E-state index in [0.29, 0.717) is 6.04 Å². The van der Waals surface area contributed by atoms with Gasteiger partial charge in [-0.05, 0) is 32.8 Å². The fourth-order valence-corrected chi connectivity index (χ4v) is 1.83. The van der Waals surface area contributed by atoms with E-state index in [2.05, 4.69) is 25.0 Å². The molecule has 0 unspecified atom stereocenters. The van der Waals surface area contributed by atoms with E-state index in [9.17, 15) is 0 Å². The van der Waals surface area contributed by atoms with Gasteiger partial charge >= 0.3 is 0 Å². The second-order valence-corrected chi connectivity index (χ2v) is 4.28. The summed E-state index contributed by atoms with van der Waals surface area (Å²) in [7, 11) is 0. The summed E-state index contributed by atoms with van der Waals surface area (Å²) in [6.07, 6.45) is 4.26. The minimum atomic E-state index is 0.581. The second kappa shape index (κ2) is 3.37. The van der Waals surface area contributed by atoms with E-state index in [0.717, 1.165) is 22.8 Å². The Hall–Kier alpha value is -1.78. The maximum atomic E-state index is 4.19. The van der Waals surface area contributed by atoms with E-state index in [1.165, 1.54) is 12.8 Å². The van der Waals surface area contributed by atoms with Gasteiger partial charge in [-0.25, -0.2) is 0 Å². The summed E-state index contributed by atoms with van der Waals surface area (Å²) in [6, 6.07) is 2.60. The van der Waals surface area contributed by atoms with Gasteiger partial charge in [0.2, 0.25) is 0 Å². The highest BCUT2D eigenvalue weighted by molar-refractivity contribution is 5.58. The van der Waals surface area contributed by atoms with Crippen molar-refractivity contribution in [2.75, 3.05) is 0 Å². The third-order valence-corrected chi connectivity index (χ3v) is 2.85. The first-order valence-electron chi connectivity index (χ1n) is 5.46. The van der Waals surface area contributed by atoms with Crippen LogP contribution in [0.4, 0.5) is 0 Å². The first-order valence-corrected chi connectivity index (χ1v) is 5.46. The van der Waals surface area contributed by atoms with Crippen LogP contribution in [0.15, 0.2) is 12.4 Å². The fourth-order valence-electron chi connectivity index (χ4n) is 1.83. The van der Waals surface area contributed by atoms with Crippen molar-refractivity contribution in [3.8, 4) is 11.4 Å². The predicted octanol–water partition coefficient (Wildman–Crippen LogP) is 1.69. The van der Waals surface area contributed by atoms with Crippen LogP contribution in [0.1, 0.15) is 30.3 Å². The molecule has 82 valence electrons. The van der Waals surface area contributed by atoms with E-state index >= 15 is 0 Å². The summed E-state index contributed by atoms with van der Waals surface area (Å²) in [5.41, 5.74) is 2.85. The molecule has 2 aromatic rings. The Balaban J connectivity index is 2.13. The van der Waals surface area contributed by atoms with Gasteiger partial charge in [-0.2, -0.15) is 10.2 Å². The van der Waals surface area contributed by atoms with Gasteiger partial charge < -0.3 is 4.57 Å². The van der Waals surface area contributed by atoms with Crippen molar-refractivity contribution in [1.82, 2.24) is 25.0 Å². The van der Waals surface area contributed by atoms with Crippen LogP contribution in [0.3, 0.4) is 0 Å². The maximum Gasteiger partial charge on any atom is 0.165 e. The molecular weight excluding hydrogens is 202 g/mol. The Labute approximate surface area is 93.5 Å². The molecule has 1 fully saturated rings. The van der Waals surface area contributed by atoms with Crippen molar-refractivity contribution in [3.05, 3.63) is 23.8 Å². The molecule has 0 atom stereocenters. The molecule has 16 heavy (non-hydrogen) atoms. The molecule has 5 nitrogen and oxygen atoms in total. The summed E-state index contributed by atoms with van der Waals surface area (Å²) in [4.78, 5) is 0. The molecule has 0 N–H and O–H groups in total. The average Bonchev–Trinajstić information content (AvgIpc) is 3.01. The highest BCUT2D eigenvalue weighted by atomic mass is 15.3. The first kappa shape index (κ1) is 9.45. The lowest BCUT2D eigenvalue weighted by molar-refractivity contribution is 0.744. The van der Waals surface area contributed by atoms with Crippen LogP contribution in [0.2, 0.25) is 0 Å². The molecule has 0 spiro atoms. The predicted molar refractivity (Wildman–Crippen MR) is 58.8 cm³/mol. The normalized spacial score (nSPS) is 15.4. The smallest absolute Gasteiger partial charge is 0.165 e. The molecule has 0 saturated heterocycles.